The number of hydrogen-bond donors (Lipinski definition) is 1. The van der Waals surface area contributed by atoms with Crippen LogP contribution in [0.2, 0.25) is 10.0 Å². The molecule has 0 saturated heterocycles. The Labute approximate surface area is 115 Å². The molecule has 0 unspecified atom stereocenters. The van der Waals surface area contributed by atoms with E-state index in [2.05, 4.69) is 15.3 Å². The van der Waals surface area contributed by atoms with E-state index in [1.165, 1.54) is 0 Å². The number of anilines is 1. The highest BCUT2D eigenvalue weighted by Gasteiger charge is 2.11. The zero-order valence-electron chi connectivity index (χ0n) is 9.87. The molecule has 4 nitrogen and oxygen atoms in total. The first-order valence-electron chi connectivity index (χ1n) is 5.19. The Morgan fingerprint density at radius 1 is 1.17 bits per heavy atom. The molecule has 2 aromatic heterocycles. The minimum atomic E-state index is 0.467. The fourth-order valence-electron chi connectivity index (χ4n) is 1.50. The van der Waals surface area contributed by atoms with Gasteiger partial charge in [-0.3, -0.25) is 4.98 Å². The lowest BCUT2D eigenvalue weighted by Crippen LogP contribution is -1.96. The molecule has 0 amide bonds. The molecule has 94 valence electrons. The van der Waals surface area contributed by atoms with Crippen LogP contribution in [-0.4, -0.2) is 24.1 Å². The van der Waals surface area contributed by atoms with Crippen molar-refractivity contribution in [3.05, 3.63) is 34.6 Å². The zero-order valence-corrected chi connectivity index (χ0v) is 11.4. The highest BCUT2D eigenvalue weighted by atomic mass is 35.5. The van der Waals surface area contributed by atoms with Crippen molar-refractivity contribution >= 4 is 29.0 Å². The van der Waals surface area contributed by atoms with Crippen molar-refractivity contribution in [2.75, 3.05) is 19.5 Å². The molecule has 18 heavy (non-hydrogen) atoms. The van der Waals surface area contributed by atoms with Crippen molar-refractivity contribution in [2.45, 2.75) is 0 Å². The average Bonchev–Trinajstić information content (AvgIpc) is 2.39. The first-order chi connectivity index (χ1) is 8.65. The van der Waals surface area contributed by atoms with Gasteiger partial charge in [0.05, 0.1) is 29.0 Å². The van der Waals surface area contributed by atoms with E-state index in [1.807, 2.05) is 6.07 Å². The van der Waals surface area contributed by atoms with Crippen LogP contribution < -0.4 is 10.1 Å². The molecule has 0 spiro atoms. The number of nitrogens with one attached hydrogen (secondary N) is 1. The van der Waals surface area contributed by atoms with Gasteiger partial charge in [-0.25, -0.2) is 4.98 Å². The third-order valence-electron chi connectivity index (χ3n) is 2.39. The number of nitrogens with zero attached hydrogens (tertiary/aromatic N) is 2. The largest absolute Gasteiger partial charge is 0.495 e. The fraction of sp³-hybridized carbons (Fsp3) is 0.167. The predicted molar refractivity (Wildman–Crippen MR) is 73.6 cm³/mol. The minimum absolute atomic E-state index is 0.467. The van der Waals surface area contributed by atoms with Crippen LogP contribution in [0, 0.1) is 0 Å². The Bertz CT molecular complexity index is 575. The first kappa shape index (κ1) is 12.9. The maximum absolute atomic E-state index is 6.15. The summed E-state index contributed by atoms with van der Waals surface area (Å²) < 4.78 is 5.12. The Hall–Kier alpha value is -1.52. The van der Waals surface area contributed by atoms with E-state index in [9.17, 15) is 0 Å². The van der Waals surface area contributed by atoms with Gasteiger partial charge in [0.25, 0.3) is 0 Å². The van der Waals surface area contributed by atoms with Crippen LogP contribution in [0.25, 0.3) is 11.3 Å². The first-order valence-corrected chi connectivity index (χ1v) is 5.94. The van der Waals surface area contributed by atoms with Gasteiger partial charge in [-0.15, -0.1) is 0 Å². The zero-order chi connectivity index (χ0) is 13.1. The number of hydrogen-bond acceptors (Lipinski definition) is 4. The summed E-state index contributed by atoms with van der Waals surface area (Å²) in [5, 5.41) is 3.85. The molecule has 0 bridgehead atoms. The number of methoxy groups -OCH3 is 1. The van der Waals surface area contributed by atoms with Crippen molar-refractivity contribution in [1.82, 2.24) is 9.97 Å². The summed E-state index contributed by atoms with van der Waals surface area (Å²) in [6.07, 6.45) is 3.29. The second-order valence-electron chi connectivity index (χ2n) is 3.51. The smallest absolute Gasteiger partial charge is 0.145 e. The molecule has 0 fully saturated rings. The summed E-state index contributed by atoms with van der Waals surface area (Å²) in [7, 11) is 3.33. The molecular weight excluding hydrogens is 273 g/mol. The van der Waals surface area contributed by atoms with Gasteiger partial charge in [0, 0.05) is 18.8 Å². The third kappa shape index (κ3) is 2.49. The fourth-order valence-corrected chi connectivity index (χ4v) is 2.07. The molecule has 0 aliphatic rings. The van der Waals surface area contributed by atoms with Crippen LogP contribution >= 0.6 is 23.2 Å². The number of pyridine rings is 2. The quantitative estimate of drug-likeness (QED) is 0.937. The number of ether oxygens (including phenoxy) is 1. The standard InChI is InChI=1S/C12H11Cl2N3O/c1-15-12-10(14)4-9(13)11(17-12)7-3-8(18-2)6-16-5-7/h3-6H,1-2H3,(H,15,17). The van der Waals surface area contributed by atoms with E-state index in [4.69, 9.17) is 27.9 Å². The molecule has 2 heterocycles. The van der Waals surface area contributed by atoms with E-state index in [-0.39, 0.29) is 0 Å². The third-order valence-corrected chi connectivity index (χ3v) is 2.96. The Morgan fingerprint density at radius 3 is 2.61 bits per heavy atom. The molecule has 0 aromatic carbocycles. The van der Waals surface area contributed by atoms with E-state index >= 15 is 0 Å². The summed E-state index contributed by atoms with van der Waals surface area (Å²) in [5.41, 5.74) is 1.38. The molecule has 0 aliphatic carbocycles. The van der Waals surface area contributed by atoms with Gasteiger partial charge in [-0.05, 0) is 12.1 Å². The normalized spacial score (nSPS) is 10.2. The number of rotatable bonds is 3. The summed E-state index contributed by atoms with van der Waals surface area (Å²) in [6, 6.07) is 3.46. The minimum Gasteiger partial charge on any atom is -0.495 e. The average molecular weight is 284 g/mol. The van der Waals surface area contributed by atoms with E-state index < -0.39 is 0 Å². The van der Waals surface area contributed by atoms with Gasteiger partial charge >= 0.3 is 0 Å². The van der Waals surface area contributed by atoms with Crippen molar-refractivity contribution in [3.63, 3.8) is 0 Å². The van der Waals surface area contributed by atoms with Crippen LogP contribution in [0.4, 0.5) is 5.82 Å². The number of aromatic nitrogens is 2. The topological polar surface area (TPSA) is 47.0 Å². The van der Waals surface area contributed by atoms with Crippen molar-refractivity contribution < 1.29 is 4.74 Å². The van der Waals surface area contributed by atoms with E-state index in [0.29, 0.717) is 27.3 Å². The van der Waals surface area contributed by atoms with Gasteiger partial charge in [0.2, 0.25) is 0 Å². The van der Waals surface area contributed by atoms with E-state index in [1.54, 1.807) is 32.6 Å². The molecule has 0 saturated carbocycles. The van der Waals surface area contributed by atoms with Crippen molar-refractivity contribution in [3.8, 4) is 17.0 Å². The monoisotopic (exact) mass is 283 g/mol. The van der Waals surface area contributed by atoms with Crippen LogP contribution in [0.1, 0.15) is 0 Å². The van der Waals surface area contributed by atoms with E-state index in [0.717, 1.165) is 5.56 Å². The lowest BCUT2D eigenvalue weighted by molar-refractivity contribution is 0.413. The molecule has 1 N–H and O–H groups in total. The Kier molecular flexibility index (Phi) is 3.89. The summed E-state index contributed by atoms with van der Waals surface area (Å²) in [5.74, 6) is 1.21. The SMILES string of the molecule is CNc1nc(-c2cncc(OC)c2)c(Cl)cc1Cl. The molecule has 2 rings (SSSR count). The molecule has 6 heteroatoms. The maximum atomic E-state index is 6.15. The lowest BCUT2D eigenvalue weighted by atomic mass is 10.2. The van der Waals surface area contributed by atoms with Gasteiger partial charge < -0.3 is 10.1 Å². The molecule has 2 aromatic rings. The summed E-state index contributed by atoms with van der Waals surface area (Å²) >= 11 is 12.1. The highest BCUT2D eigenvalue weighted by molar-refractivity contribution is 6.37. The molecule has 0 radical (unpaired) electrons. The second-order valence-corrected chi connectivity index (χ2v) is 4.33. The molecular formula is C12H11Cl2N3O. The van der Waals surface area contributed by atoms with Gasteiger partial charge in [-0.1, -0.05) is 23.2 Å². The van der Waals surface area contributed by atoms with Gasteiger partial charge in [0.1, 0.15) is 11.6 Å². The second kappa shape index (κ2) is 5.42. The van der Waals surface area contributed by atoms with Crippen LogP contribution in [0.15, 0.2) is 24.5 Å². The molecule has 0 atom stereocenters. The lowest BCUT2D eigenvalue weighted by Gasteiger charge is -2.09. The van der Waals surface area contributed by atoms with Crippen LogP contribution in [-0.2, 0) is 0 Å². The maximum Gasteiger partial charge on any atom is 0.145 e. The Balaban J connectivity index is 2.55. The van der Waals surface area contributed by atoms with Crippen LogP contribution in [0.3, 0.4) is 0 Å². The number of halogens is 2. The Morgan fingerprint density at radius 2 is 1.94 bits per heavy atom. The summed E-state index contributed by atoms with van der Waals surface area (Å²) in [4.78, 5) is 8.44. The van der Waals surface area contributed by atoms with Gasteiger partial charge in [-0.2, -0.15) is 0 Å². The predicted octanol–water partition coefficient (Wildman–Crippen LogP) is 3.50. The highest BCUT2D eigenvalue weighted by Crippen LogP contribution is 2.32. The molecule has 0 aliphatic heterocycles. The van der Waals surface area contributed by atoms with Gasteiger partial charge in [0.15, 0.2) is 0 Å². The van der Waals surface area contributed by atoms with Crippen LogP contribution in [0.5, 0.6) is 5.75 Å². The summed E-state index contributed by atoms with van der Waals surface area (Å²) in [6.45, 7) is 0. The van der Waals surface area contributed by atoms with Crippen molar-refractivity contribution in [2.24, 2.45) is 0 Å². The van der Waals surface area contributed by atoms with Crippen molar-refractivity contribution in [1.29, 1.82) is 0 Å².